The van der Waals surface area contributed by atoms with Crippen LogP contribution in [0, 0.1) is 0 Å². The average Bonchev–Trinajstić information content (AvgIpc) is 2.49. The Balaban J connectivity index is 1.57. The van der Waals surface area contributed by atoms with Gasteiger partial charge < -0.3 is 15.7 Å². The van der Waals surface area contributed by atoms with Crippen LogP contribution >= 0.6 is 0 Å². The number of carboxylic acid groups (broad SMARTS) is 1. The van der Waals surface area contributed by atoms with Crippen molar-refractivity contribution in [2.75, 3.05) is 25.0 Å². The van der Waals surface area contributed by atoms with Crippen LogP contribution in [-0.4, -0.2) is 30.7 Å². The van der Waals surface area contributed by atoms with E-state index in [-0.39, 0.29) is 0 Å². The minimum atomic E-state index is -0.690. The van der Waals surface area contributed by atoms with Gasteiger partial charge in [0.05, 0.1) is 0 Å². The molecule has 3 N–H and O–H groups in total. The smallest absolute Gasteiger partial charge is 0.303 e. The Hall–Kier alpha value is -1.55. The molecule has 2 rings (SSSR count). The zero-order valence-corrected chi connectivity index (χ0v) is 12.7. The summed E-state index contributed by atoms with van der Waals surface area (Å²) in [5, 5.41) is 15.4. The van der Waals surface area contributed by atoms with E-state index in [0.29, 0.717) is 6.42 Å². The molecular formula is C17H26N2O2. The molecule has 116 valence electrons. The second-order valence-corrected chi connectivity index (χ2v) is 5.73. The Kier molecular flexibility index (Phi) is 6.54. The second-order valence-electron chi connectivity index (χ2n) is 5.73. The van der Waals surface area contributed by atoms with Crippen LogP contribution in [0.4, 0.5) is 5.69 Å². The van der Waals surface area contributed by atoms with E-state index < -0.39 is 5.97 Å². The van der Waals surface area contributed by atoms with E-state index in [1.165, 1.54) is 29.7 Å². The number of anilines is 1. The van der Waals surface area contributed by atoms with Crippen LogP contribution in [0.1, 0.15) is 43.2 Å². The fourth-order valence-electron chi connectivity index (χ4n) is 2.74. The van der Waals surface area contributed by atoms with Crippen molar-refractivity contribution in [2.24, 2.45) is 0 Å². The Morgan fingerprint density at radius 3 is 3.00 bits per heavy atom. The van der Waals surface area contributed by atoms with Gasteiger partial charge in [0.15, 0.2) is 0 Å². The largest absolute Gasteiger partial charge is 0.481 e. The van der Waals surface area contributed by atoms with E-state index >= 15 is 0 Å². The Labute approximate surface area is 126 Å². The molecule has 0 spiro atoms. The first-order valence-corrected chi connectivity index (χ1v) is 8.04. The van der Waals surface area contributed by atoms with Gasteiger partial charge in [0.2, 0.25) is 0 Å². The van der Waals surface area contributed by atoms with E-state index in [4.69, 9.17) is 5.11 Å². The first-order valence-electron chi connectivity index (χ1n) is 8.04. The number of hydrogen-bond acceptors (Lipinski definition) is 3. The van der Waals surface area contributed by atoms with Crippen LogP contribution in [0.25, 0.3) is 0 Å². The van der Waals surface area contributed by atoms with Crippen LogP contribution in [0.2, 0.25) is 0 Å². The molecule has 0 radical (unpaired) electrons. The minimum absolute atomic E-state index is 0.295. The van der Waals surface area contributed by atoms with Gasteiger partial charge in [-0.1, -0.05) is 18.6 Å². The van der Waals surface area contributed by atoms with Crippen LogP contribution in [0.3, 0.4) is 0 Å². The molecule has 1 aliphatic heterocycles. The maximum Gasteiger partial charge on any atom is 0.303 e. The molecule has 0 aliphatic carbocycles. The summed E-state index contributed by atoms with van der Waals surface area (Å²) in [7, 11) is 0. The molecule has 0 unspecified atom stereocenters. The van der Waals surface area contributed by atoms with Crippen molar-refractivity contribution >= 4 is 11.7 Å². The van der Waals surface area contributed by atoms with Crippen molar-refractivity contribution in [1.29, 1.82) is 0 Å². The molecule has 1 aromatic carbocycles. The topological polar surface area (TPSA) is 61.4 Å². The molecule has 21 heavy (non-hydrogen) atoms. The molecule has 0 saturated carbocycles. The van der Waals surface area contributed by atoms with E-state index in [1.807, 2.05) is 0 Å². The van der Waals surface area contributed by atoms with Crippen molar-refractivity contribution < 1.29 is 9.90 Å². The zero-order chi connectivity index (χ0) is 14.9. The summed E-state index contributed by atoms with van der Waals surface area (Å²) in [6.45, 7) is 3.06. The Morgan fingerprint density at radius 2 is 2.14 bits per heavy atom. The molecule has 0 aromatic heterocycles. The standard InChI is InChI=1S/C17H26N2O2/c20-17(21)6-2-1-3-10-18-12-9-14-7-8-16-15(13-14)5-4-11-19-16/h7-8,13,18-19H,1-6,9-12H2,(H,20,21). The number of aryl methyl sites for hydroxylation is 1. The van der Waals surface area contributed by atoms with Crippen molar-refractivity contribution in [3.63, 3.8) is 0 Å². The number of rotatable bonds is 9. The highest BCUT2D eigenvalue weighted by molar-refractivity contribution is 5.66. The van der Waals surface area contributed by atoms with E-state index in [9.17, 15) is 4.79 Å². The summed E-state index contributed by atoms with van der Waals surface area (Å²) in [5.74, 6) is -0.690. The summed E-state index contributed by atoms with van der Waals surface area (Å²) in [6, 6.07) is 6.75. The molecule has 0 atom stereocenters. The van der Waals surface area contributed by atoms with E-state index in [0.717, 1.165) is 45.3 Å². The number of aliphatic carboxylic acids is 1. The summed E-state index contributed by atoms with van der Waals surface area (Å²) in [5.41, 5.74) is 4.15. The van der Waals surface area contributed by atoms with Crippen molar-refractivity contribution in [3.8, 4) is 0 Å². The second kappa shape index (κ2) is 8.67. The number of unbranched alkanes of at least 4 members (excludes halogenated alkanes) is 2. The van der Waals surface area contributed by atoms with Gasteiger partial charge in [-0.3, -0.25) is 4.79 Å². The molecule has 0 fully saturated rings. The zero-order valence-electron chi connectivity index (χ0n) is 12.7. The number of benzene rings is 1. The molecule has 0 amide bonds. The molecular weight excluding hydrogens is 264 g/mol. The third-order valence-corrected chi connectivity index (χ3v) is 3.94. The lowest BCUT2D eigenvalue weighted by atomic mass is 9.99. The van der Waals surface area contributed by atoms with E-state index in [1.54, 1.807) is 0 Å². The third kappa shape index (κ3) is 5.76. The van der Waals surface area contributed by atoms with Gasteiger partial charge in [0.1, 0.15) is 0 Å². The minimum Gasteiger partial charge on any atom is -0.481 e. The molecule has 0 saturated heterocycles. The van der Waals surface area contributed by atoms with Crippen LogP contribution in [0.5, 0.6) is 0 Å². The van der Waals surface area contributed by atoms with Crippen molar-refractivity contribution in [1.82, 2.24) is 5.32 Å². The Bertz CT molecular complexity index is 460. The highest BCUT2D eigenvalue weighted by Gasteiger charge is 2.08. The van der Waals surface area contributed by atoms with Gasteiger partial charge >= 0.3 is 5.97 Å². The van der Waals surface area contributed by atoms with Gasteiger partial charge in [0, 0.05) is 18.7 Å². The van der Waals surface area contributed by atoms with Gasteiger partial charge in [-0.05, 0) is 62.4 Å². The number of fused-ring (bicyclic) bond motifs is 1. The molecule has 4 heteroatoms. The average molecular weight is 290 g/mol. The first-order chi connectivity index (χ1) is 10.3. The number of hydrogen-bond donors (Lipinski definition) is 3. The van der Waals surface area contributed by atoms with Crippen molar-refractivity contribution in [3.05, 3.63) is 29.3 Å². The number of carbonyl (C=O) groups is 1. The van der Waals surface area contributed by atoms with Crippen LogP contribution in [0.15, 0.2) is 18.2 Å². The lowest BCUT2D eigenvalue weighted by molar-refractivity contribution is -0.137. The van der Waals surface area contributed by atoms with Crippen LogP contribution < -0.4 is 10.6 Å². The van der Waals surface area contributed by atoms with Gasteiger partial charge in [-0.2, -0.15) is 0 Å². The third-order valence-electron chi connectivity index (χ3n) is 3.94. The summed E-state index contributed by atoms with van der Waals surface area (Å²) in [4.78, 5) is 10.4. The number of carboxylic acids is 1. The fraction of sp³-hybridized carbons (Fsp3) is 0.588. The monoisotopic (exact) mass is 290 g/mol. The summed E-state index contributed by atoms with van der Waals surface area (Å²) >= 11 is 0. The maximum atomic E-state index is 10.4. The van der Waals surface area contributed by atoms with Gasteiger partial charge in [-0.25, -0.2) is 0 Å². The van der Waals surface area contributed by atoms with Crippen molar-refractivity contribution in [2.45, 2.75) is 44.9 Å². The SMILES string of the molecule is O=C(O)CCCCCNCCc1ccc2c(c1)CCCN2. The molecule has 1 heterocycles. The summed E-state index contributed by atoms with van der Waals surface area (Å²) < 4.78 is 0. The number of nitrogens with one attached hydrogen (secondary N) is 2. The molecule has 1 aromatic rings. The highest BCUT2D eigenvalue weighted by atomic mass is 16.4. The maximum absolute atomic E-state index is 10.4. The predicted octanol–water partition coefficient (Wildman–Crippen LogP) is 2.82. The van der Waals surface area contributed by atoms with E-state index in [2.05, 4.69) is 28.8 Å². The lowest BCUT2D eigenvalue weighted by Crippen LogP contribution is -2.19. The molecule has 4 nitrogen and oxygen atoms in total. The van der Waals surface area contributed by atoms with Gasteiger partial charge in [-0.15, -0.1) is 0 Å². The summed E-state index contributed by atoms with van der Waals surface area (Å²) in [6.07, 6.45) is 6.60. The molecule has 1 aliphatic rings. The molecule has 0 bridgehead atoms. The van der Waals surface area contributed by atoms with Gasteiger partial charge in [0.25, 0.3) is 0 Å². The predicted molar refractivity (Wildman–Crippen MR) is 85.9 cm³/mol. The lowest BCUT2D eigenvalue weighted by Gasteiger charge is -2.18. The first kappa shape index (κ1) is 15.8. The quantitative estimate of drug-likeness (QED) is 0.612. The highest BCUT2D eigenvalue weighted by Crippen LogP contribution is 2.22. The fourth-order valence-corrected chi connectivity index (χ4v) is 2.74. The Morgan fingerprint density at radius 1 is 1.24 bits per heavy atom. The normalized spacial score (nSPS) is 13.5. The van der Waals surface area contributed by atoms with Crippen LogP contribution in [-0.2, 0) is 17.6 Å².